The lowest BCUT2D eigenvalue weighted by Gasteiger charge is -2.20. The molecule has 1 atom stereocenters. The number of hydrogen-bond acceptors (Lipinski definition) is 3. The molecule has 1 aliphatic rings. The molecule has 0 radical (unpaired) electrons. The van der Waals surface area contributed by atoms with Gasteiger partial charge in [0.05, 0.1) is 18.4 Å². The van der Waals surface area contributed by atoms with Crippen LogP contribution in [0.5, 0.6) is 0 Å². The normalized spacial score (nSPS) is 20.5. The van der Waals surface area contributed by atoms with Crippen molar-refractivity contribution < 1.29 is 5.11 Å². The van der Waals surface area contributed by atoms with Crippen LogP contribution in [0, 0.1) is 0 Å². The molecule has 0 aliphatic carbocycles. The Kier molecular flexibility index (Phi) is 4.15. The van der Waals surface area contributed by atoms with Crippen LogP contribution in [0.3, 0.4) is 0 Å². The van der Waals surface area contributed by atoms with Crippen LogP contribution in [0.25, 0.3) is 0 Å². The number of rotatable bonds is 1. The first-order chi connectivity index (χ1) is 10.1. The molecule has 108 valence electrons. The lowest BCUT2D eigenvalue weighted by molar-refractivity contribution is 0.196. The van der Waals surface area contributed by atoms with E-state index in [9.17, 15) is 5.11 Å². The molecule has 0 saturated carbocycles. The average molecular weight is 321 g/mol. The molecule has 0 bridgehead atoms. The zero-order chi connectivity index (χ0) is 14.8. The number of nitrogens with one attached hydrogen (secondary N) is 1. The van der Waals surface area contributed by atoms with Gasteiger partial charge in [-0.05, 0) is 24.3 Å². The number of aliphatic hydroxyl groups excluding tert-OH is 1. The van der Waals surface area contributed by atoms with Crippen LogP contribution in [0.2, 0.25) is 10.0 Å². The number of hydrogen-bond donors (Lipinski definition) is 2. The van der Waals surface area contributed by atoms with Crippen LogP contribution in [-0.4, -0.2) is 30.0 Å². The molecule has 5 heteroatoms. The number of aliphatic imine (C=N–C) groups is 1. The van der Waals surface area contributed by atoms with Crippen molar-refractivity contribution in [3.05, 3.63) is 63.6 Å². The molecule has 2 aromatic rings. The van der Waals surface area contributed by atoms with Crippen molar-refractivity contribution in [1.29, 1.82) is 0 Å². The third-order valence-corrected chi connectivity index (χ3v) is 3.92. The zero-order valence-corrected chi connectivity index (χ0v) is 12.7. The monoisotopic (exact) mass is 320 g/mol. The summed E-state index contributed by atoms with van der Waals surface area (Å²) in [6.07, 6.45) is -0.536. The SMILES string of the molecule is OC1C/N=C(/c2ccccc2Cl)c2cc(Cl)ccc2NC1. The van der Waals surface area contributed by atoms with Gasteiger partial charge in [-0.25, -0.2) is 0 Å². The highest BCUT2D eigenvalue weighted by Gasteiger charge is 2.18. The van der Waals surface area contributed by atoms with Crippen LogP contribution in [-0.2, 0) is 0 Å². The number of β-amino-alcohol motifs (C(OH)–C–C–N with tert-alkyl or cyclic N) is 1. The standard InChI is InChI=1S/C16H14Cl2N2O/c17-10-5-6-15-13(7-10)16(20-9-11(21)8-19-15)12-3-1-2-4-14(12)18/h1-7,11,19,21H,8-9H2/b20-16-. The third-order valence-electron chi connectivity index (χ3n) is 3.35. The van der Waals surface area contributed by atoms with E-state index < -0.39 is 6.10 Å². The first-order valence-electron chi connectivity index (χ1n) is 6.66. The minimum Gasteiger partial charge on any atom is -0.389 e. The van der Waals surface area contributed by atoms with Gasteiger partial charge in [0.2, 0.25) is 0 Å². The highest BCUT2D eigenvalue weighted by atomic mass is 35.5. The molecule has 0 saturated heterocycles. The van der Waals surface area contributed by atoms with E-state index in [1.54, 1.807) is 0 Å². The number of fused-ring (bicyclic) bond motifs is 1. The molecule has 1 heterocycles. The molecule has 0 spiro atoms. The van der Waals surface area contributed by atoms with Gasteiger partial charge in [-0.2, -0.15) is 0 Å². The molecular formula is C16H14Cl2N2O. The minimum absolute atomic E-state index is 0.319. The second-order valence-electron chi connectivity index (χ2n) is 4.89. The lowest BCUT2D eigenvalue weighted by atomic mass is 9.99. The molecule has 2 aromatic carbocycles. The predicted molar refractivity (Wildman–Crippen MR) is 87.9 cm³/mol. The van der Waals surface area contributed by atoms with Gasteiger partial charge >= 0.3 is 0 Å². The fraction of sp³-hybridized carbons (Fsp3) is 0.188. The molecule has 21 heavy (non-hydrogen) atoms. The van der Waals surface area contributed by atoms with Crippen molar-refractivity contribution in [2.45, 2.75) is 6.10 Å². The van der Waals surface area contributed by atoms with Crippen LogP contribution in [0.4, 0.5) is 5.69 Å². The van der Waals surface area contributed by atoms with Crippen molar-refractivity contribution in [3.8, 4) is 0 Å². The Labute approximate surface area is 133 Å². The summed E-state index contributed by atoms with van der Waals surface area (Å²) < 4.78 is 0. The van der Waals surface area contributed by atoms with Crippen LogP contribution >= 0.6 is 23.2 Å². The second-order valence-corrected chi connectivity index (χ2v) is 5.74. The van der Waals surface area contributed by atoms with Crippen molar-refractivity contribution in [2.75, 3.05) is 18.4 Å². The van der Waals surface area contributed by atoms with Crippen molar-refractivity contribution in [3.63, 3.8) is 0 Å². The van der Waals surface area contributed by atoms with Gasteiger partial charge in [0.1, 0.15) is 0 Å². The van der Waals surface area contributed by atoms with Crippen LogP contribution in [0.1, 0.15) is 11.1 Å². The Bertz CT molecular complexity index is 700. The number of aliphatic hydroxyl groups is 1. The zero-order valence-electron chi connectivity index (χ0n) is 11.2. The van der Waals surface area contributed by atoms with E-state index in [0.29, 0.717) is 23.1 Å². The van der Waals surface area contributed by atoms with Gasteiger partial charge in [-0.15, -0.1) is 0 Å². The lowest BCUT2D eigenvalue weighted by Crippen LogP contribution is -2.26. The molecular weight excluding hydrogens is 307 g/mol. The van der Waals surface area contributed by atoms with Gasteiger partial charge in [0, 0.05) is 33.4 Å². The third kappa shape index (κ3) is 3.05. The van der Waals surface area contributed by atoms with E-state index in [1.165, 1.54) is 0 Å². The summed E-state index contributed by atoms with van der Waals surface area (Å²) in [4.78, 5) is 4.56. The maximum absolute atomic E-state index is 9.90. The fourth-order valence-corrected chi connectivity index (χ4v) is 2.72. The quantitative estimate of drug-likeness (QED) is 0.843. The Morgan fingerprint density at radius 2 is 1.90 bits per heavy atom. The summed E-state index contributed by atoms with van der Waals surface area (Å²) >= 11 is 12.4. The Morgan fingerprint density at radius 1 is 1.10 bits per heavy atom. The molecule has 3 rings (SSSR count). The first-order valence-corrected chi connectivity index (χ1v) is 7.42. The number of halogens is 2. The maximum Gasteiger partial charge on any atom is 0.0907 e. The van der Waals surface area contributed by atoms with E-state index in [1.807, 2.05) is 42.5 Å². The minimum atomic E-state index is -0.536. The van der Waals surface area contributed by atoms with Crippen molar-refractivity contribution >= 4 is 34.6 Å². The number of benzene rings is 2. The summed E-state index contributed by atoms with van der Waals surface area (Å²) in [5.74, 6) is 0. The molecule has 1 unspecified atom stereocenters. The smallest absolute Gasteiger partial charge is 0.0907 e. The molecule has 0 amide bonds. The van der Waals surface area contributed by atoms with E-state index in [0.717, 1.165) is 22.5 Å². The summed E-state index contributed by atoms with van der Waals surface area (Å²) in [6.45, 7) is 0.771. The van der Waals surface area contributed by atoms with E-state index in [2.05, 4.69) is 10.3 Å². The van der Waals surface area contributed by atoms with E-state index in [4.69, 9.17) is 23.2 Å². The van der Waals surface area contributed by atoms with Gasteiger partial charge in [0.25, 0.3) is 0 Å². The summed E-state index contributed by atoms with van der Waals surface area (Å²) in [6, 6.07) is 13.1. The molecule has 2 N–H and O–H groups in total. The number of anilines is 1. The van der Waals surface area contributed by atoms with Gasteiger partial charge in [-0.1, -0.05) is 41.4 Å². The Balaban J connectivity index is 2.19. The second kappa shape index (κ2) is 6.06. The topological polar surface area (TPSA) is 44.6 Å². The summed E-state index contributed by atoms with van der Waals surface area (Å²) in [5.41, 5.74) is 3.35. The molecule has 0 fully saturated rings. The van der Waals surface area contributed by atoms with Gasteiger partial charge in [-0.3, -0.25) is 4.99 Å². The predicted octanol–water partition coefficient (Wildman–Crippen LogP) is 3.62. The summed E-state index contributed by atoms with van der Waals surface area (Å²) in [5, 5.41) is 14.4. The maximum atomic E-state index is 9.90. The molecule has 3 nitrogen and oxygen atoms in total. The van der Waals surface area contributed by atoms with Crippen LogP contribution < -0.4 is 5.32 Å². The molecule has 0 aromatic heterocycles. The van der Waals surface area contributed by atoms with E-state index in [-0.39, 0.29) is 0 Å². The molecule has 1 aliphatic heterocycles. The largest absolute Gasteiger partial charge is 0.389 e. The van der Waals surface area contributed by atoms with Crippen molar-refractivity contribution in [1.82, 2.24) is 0 Å². The van der Waals surface area contributed by atoms with Crippen molar-refractivity contribution in [2.24, 2.45) is 4.99 Å². The average Bonchev–Trinajstić information content (AvgIpc) is 2.46. The number of nitrogens with zero attached hydrogens (tertiary/aromatic N) is 1. The highest BCUT2D eigenvalue weighted by molar-refractivity contribution is 6.36. The first kappa shape index (κ1) is 14.4. The van der Waals surface area contributed by atoms with E-state index >= 15 is 0 Å². The van der Waals surface area contributed by atoms with Gasteiger partial charge < -0.3 is 10.4 Å². The summed E-state index contributed by atoms with van der Waals surface area (Å²) in [7, 11) is 0. The fourth-order valence-electron chi connectivity index (χ4n) is 2.32. The van der Waals surface area contributed by atoms with Crippen LogP contribution in [0.15, 0.2) is 47.5 Å². The Morgan fingerprint density at radius 3 is 2.71 bits per heavy atom. The highest BCUT2D eigenvalue weighted by Crippen LogP contribution is 2.28. The van der Waals surface area contributed by atoms with Gasteiger partial charge in [0.15, 0.2) is 0 Å². The Hall–Kier alpha value is -1.55.